The van der Waals surface area contributed by atoms with Crippen LogP contribution in [0.2, 0.25) is 0 Å². The molecule has 2 unspecified atom stereocenters. The second-order valence-corrected chi connectivity index (χ2v) is 2.39. The average Bonchev–Trinajstić information content (AvgIpc) is 1.87. The maximum Gasteiger partial charge on any atom is 0.374 e. The van der Waals surface area contributed by atoms with Gasteiger partial charge in [0.1, 0.15) is 0 Å². The normalized spacial score (nSPS) is 12.0. The third kappa shape index (κ3) is 23.1. The molecule has 0 aromatic rings. The van der Waals surface area contributed by atoms with E-state index < -0.39 is 16.5 Å². The summed E-state index contributed by atoms with van der Waals surface area (Å²) in [5, 5.41) is 14.9. The summed E-state index contributed by atoms with van der Waals surface area (Å²) < 4.78 is 25.6. The van der Waals surface area contributed by atoms with E-state index in [2.05, 4.69) is 9.05 Å². The van der Waals surface area contributed by atoms with E-state index >= 15 is 0 Å². The molecule has 0 saturated carbocycles. The van der Waals surface area contributed by atoms with Gasteiger partial charge in [0.15, 0.2) is 0 Å². The zero-order valence-electron chi connectivity index (χ0n) is 5.42. The highest BCUT2D eigenvalue weighted by Gasteiger charge is 1.81. The summed E-state index contributed by atoms with van der Waals surface area (Å²) in [5.74, 6) is 0. The van der Waals surface area contributed by atoms with Crippen LogP contribution < -0.4 is 0 Å². The van der Waals surface area contributed by atoms with Crippen molar-refractivity contribution in [1.29, 1.82) is 10.5 Å². The van der Waals surface area contributed by atoms with Gasteiger partial charge in [0, 0.05) is 0 Å². The van der Waals surface area contributed by atoms with Gasteiger partial charge in [0.05, 0.1) is 0 Å². The van der Waals surface area contributed by atoms with Gasteiger partial charge in [-0.1, -0.05) is 0 Å². The van der Waals surface area contributed by atoms with Crippen LogP contribution in [0.1, 0.15) is 0 Å². The topological polar surface area (TPSA) is 141 Å². The van der Waals surface area contributed by atoms with Crippen LogP contribution in [-0.4, -0.2) is 9.79 Å². The van der Waals surface area contributed by atoms with Crippen LogP contribution in [0.4, 0.5) is 0 Å². The van der Waals surface area contributed by atoms with Crippen LogP contribution in [0.25, 0.3) is 0 Å². The molecule has 0 spiro atoms. The van der Waals surface area contributed by atoms with Crippen molar-refractivity contribution in [2.75, 3.05) is 0 Å². The van der Waals surface area contributed by atoms with Gasteiger partial charge >= 0.3 is 16.5 Å². The number of hydrogen-bond donors (Lipinski definition) is 2. The molecule has 0 heterocycles. The highest BCUT2D eigenvalue weighted by atomic mass is 31.1. The van der Waals surface area contributed by atoms with E-state index in [-0.39, 0.29) is 0 Å². The minimum atomic E-state index is -3.00. The number of hydrogen-bond acceptors (Lipinski definition) is 6. The fraction of sp³-hybridized carbons (Fsp3) is 0. The second kappa shape index (κ2) is 9.96. The van der Waals surface area contributed by atoms with Gasteiger partial charge in [-0.3, -0.25) is 0 Å². The van der Waals surface area contributed by atoms with Gasteiger partial charge < -0.3 is 18.8 Å². The molecule has 10 heteroatoms. The zero-order valence-corrected chi connectivity index (χ0v) is 7.42. The Morgan fingerprint density at radius 1 is 1.00 bits per heavy atom. The van der Waals surface area contributed by atoms with E-state index in [0.29, 0.717) is 0 Å². The molecule has 0 aromatic carbocycles. The minimum Gasteiger partial charge on any atom is -0.351 e. The maximum atomic E-state index is 9.34. The number of nitriles is 2. The van der Waals surface area contributed by atoms with Crippen LogP contribution in [0.15, 0.2) is 0 Å². The highest BCUT2D eigenvalue weighted by Crippen LogP contribution is 2.11. The van der Waals surface area contributed by atoms with Crippen molar-refractivity contribution < 1.29 is 28.0 Å². The third-order valence-electron chi connectivity index (χ3n) is 0.266. The molecule has 0 aromatic heterocycles. The first-order valence-electron chi connectivity index (χ1n) is 2.12. The Morgan fingerprint density at radius 3 is 1.25 bits per heavy atom. The van der Waals surface area contributed by atoms with Crippen LogP contribution >= 0.6 is 16.5 Å². The lowest BCUT2D eigenvalue weighted by molar-refractivity contribution is 0.388. The molecule has 0 bridgehead atoms. The summed E-state index contributed by atoms with van der Waals surface area (Å²) in [6, 6.07) is 0. The van der Waals surface area contributed by atoms with Crippen LogP contribution in [0, 0.1) is 23.0 Å². The van der Waals surface area contributed by atoms with Gasteiger partial charge in [0.25, 0.3) is 12.5 Å². The van der Waals surface area contributed by atoms with Crippen molar-refractivity contribution >= 4 is 16.5 Å². The Kier molecular flexibility index (Phi) is 11.2. The first kappa shape index (κ1) is 13.5. The number of rotatable bonds is 2. The fourth-order valence-corrected chi connectivity index (χ4v) is 0.234. The SMILES string of the molecule is N#CO[PH](=O)O.N#CO[PH](=O)O. The number of nitrogens with zero attached hydrogens (tertiary/aromatic N) is 2. The van der Waals surface area contributed by atoms with Crippen molar-refractivity contribution in [2.45, 2.75) is 0 Å². The summed E-state index contributed by atoms with van der Waals surface area (Å²) in [4.78, 5) is 15.3. The summed E-state index contributed by atoms with van der Waals surface area (Å²) >= 11 is 0. The minimum absolute atomic E-state index is 1.05. The highest BCUT2D eigenvalue weighted by molar-refractivity contribution is 7.32. The summed E-state index contributed by atoms with van der Waals surface area (Å²) in [6.07, 6.45) is 2.10. The monoisotopic (exact) mass is 214 g/mol. The van der Waals surface area contributed by atoms with E-state index in [1.807, 2.05) is 0 Å². The molecule has 0 radical (unpaired) electrons. The zero-order chi connectivity index (χ0) is 9.98. The molecule has 0 aliphatic heterocycles. The lowest BCUT2D eigenvalue weighted by Crippen LogP contribution is -1.57. The molecule has 0 aliphatic carbocycles. The first-order valence-corrected chi connectivity index (χ1v) is 4.65. The molecule has 12 heavy (non-hydrogen) atoms. The Labute approximate surface area is 68.5 Å². The second-order valence-electron chi connectivity index (χ2n) is 0.919. The summed E-state index contributed by atoms with van der Waals surface area (Å²) in [6.45, 7) is 0. The first-order chi connectivity index (χ1) is 5.54. The van der Waals surface area contributed by atoms with E-state index in [4.69, 9.17) is 20.3 Å². The lowest BCUT2D eigenvalue weighted by atomic mass is 11.6. The van der Waals surface area contributed by atoms with E-state index in [9.17, 15) is 9.13 Å². The third-order valence-corrected chi connectivity index (χ3v) is 0.798. The van der Waals surface area contributed by atoms with E-state index in [1.54, 1.807) is 0 Å². The summed E-state index contributed by atoms with van der Waals surface area (Å²) in [7, 11) is -5.99. The Hall–Kier alpha value is -1.04. The van der Waals surface area contributed by atoms with Crippen molar-refractivity contribution in [3.63, 3.8) is 0 Å². The van der Waals surface area contributed by atoms with Crippen LogP contribution in [0.5, 0.6) is 0 Å². The molecule has 2 N–H and O–H groups in total. The van der Waals surface area contributed by atoms with Crippen molar-refractivity contribution in [3.8, 4) is 12.5 Å². The standard InChI is InChI=1S/2CH2NO3P/c2*2-1-5-6(3)4/h2*6H,(H,3,4). The Balaban J connectivity index is 0. The molecular formula is C2H4N2O6P2. The quantitative estimate of drug-likeness (QED) is 0.472. The predicted molar refractivity (Wildman–Crippen MR) is 35.8 cm³/mol. The molecule has 0 saturated heterocycles. The van der Waals surface area contributed by atoms with Gasteiger partial charge in [-0.05, 0) is 0 Å². The molecule has 68 valence electrons. The van der Waals surface area contributed by atoms with E-state index in [0.717, 1.165) is 12.5 Å². The lowest BCUT2D eigenvalue weighted by Gasteiger charge is -1.77. The van der Waals surface area contributed by atoms with Crippen molar-refractivity contribution in [2.24, 2.45) is 0 Å². The van der Waals surface area contributed by atoms with E-state index in [1.165, 1.54) is 0 Å². The van der Waals surface area contributed by atoms with Crippen molar-refractivity contribution in [3.05, 3.63) is 0 Å². The summed E-state index contributed by atoms with van der Waals surface area (Å²) in [5.41, 5.74) is 0. The molecule has 0 aliphatic rings. The van der Waals surface area contributed by atoms with Gasteiger partial charge in [-0.25, -0.2) is 9.13 Å². The largest absolute Gasteiger partial charge is 0.374 e. The molecular weight excluding hydrogens is 210 g/mol. The van der Waals surface area contributed by atoms with Crippen molar-refractivity contribution in [1.82, 2.24) is 0 Å². The van der Waals surface area contributed by atoms with Gasteiger partial charge in [0.2, 0.25) is 0 Å². The van der Waals surface area contributed by atoms with Crippen LogP contribution in [0.3, 0.4) is 0 Å². The molecule has 0 rings (SSSR count). The smallest absolute Gasteiger partial charge is 0.351 e. The maximum absolute atomic E-state index is 9.34. The molecule has 0 amide bonds. The Bertz CT molecular complexity index is 213. The Morgan fingerprint density at radius 2 is 1.25 bits per heavy atom. The molecule has 2 atom stereocenters. The molecule has 8 nitrogen and oxygen atoms in total. The average molecular weight is 214 g/mol. The van der Waals surface area contributed by atoms with Gasteiger partial charge in [-0.2, -0.15) is 0 Å². The van der Waals surface area contributed by atoms with Gasteiger partial charge in [-0.15, -0.1) is 10.5 Å². The fourth-order valence-electron chi connectivity index (χ4n) is 0.0781. The molecule has 0 fully saturated rings. The van der Waals surface area contributed by atoms with Crippen LogP contribution in [-0.2, 0) is 18.2 Å². The predicted octanol–water partition coefficient (Wildman–Crippen LogP) is -0.268.